The van der Waals surface area contributed by atoms with Crippen LogP contribution in [0.5, 0.6) is 0 Å². The first-order valence-corrected chi connectivity index (χ1v) is 11.8. The van der Waals surface area contributed by atoms with Gasteiger partial charge in [0.2, 0.25) is 5.91 Å². The van der Waals surface area contributed by atoms with Crippen LogP contribution in [0.2, 0.25) is 15.1 Å². The molecule has 0 aromatic heterocycles. The van der Waals surface area contributed by atoms with Crippen LogP contribution in [0.1, 0.15) is 49.3 Å². The standard InChI is InChI=1S/C24H22Cl3FN2O2/c1-23(17-9-18(25)22(27)19(26)10-17)11-20(29-32-23)15-4-6-16(7-5-15)24(28)12-30(13-24)21(31)8-14-2-3-14/h4-7,9-10,14H,2-3,8,11-13H2,1H3. The van der Waals surface area contributed by atoms with Gasteiger partial charge in [0.1, 0.15) is 0 Å². The Hall–Kier alpha value is -1.82. The molecule has 1 amide bonds. The number of benzene rings is 2. The summed E-state index contributed by atoms with van der Waals surface area (Å²) in [6, 6.07) is 10.7. The van der Waals surface area contributed by atoms with Crippen molar-refractivity contribution >= 4 is 46.4 Å². The monoisotopic (exact) mass is 494 g/mol. The summed E-state index contributed by atoms with van der Waals surface area (Å²) in [5.41, 5.74) is 0.744. The zero-order chi connectivity index (χ0) is 22.7. The third kappa shape index (κ3) is 4.00. The Morgan fingerprint density at radius 3 is 2.34 bits per heavy atom. The molecule has 0 bridgehead atoms. The van der Waals surface area contributed by atoms with Crippen LogP contribution in [-0.4, -0.2) is 29.6 Å². The Balaban J connectivity index is 1.25. The van der Waals surface area contributed by atoms with Gasteiger partial charge in [-0.25, -0.2) is 4.39 Å². The minimum atomic E-state index is -1.49. The van der Waals surface area contributed by atoms with Crippen molar-refractivity contribution in [3.8, 4) is 0 Å². The Bertz CT molecular complexity index is 1090. The number of hydrogen-bond acceptors (Lipinski definition) is 3. The van der Waals surface area contributed by atoms with E-state index in [2.05, 4.69) is 5.16 Å². The fraction of sp³-hybridized carbons (Fsp3) is 0.417. The molecular formula is C24H22Cl3FN2O2. The quantitative estimate of drug-likeness (QED) is 0.445. The molecule has 0 spiro atoms. The lowest BCUT2D eigenvalue weighted by atomic mass is 9.85. The number of likely N-dealkylation sites (tertiary alicyclic amines) is 1. The summed E-state index contributed by atoms with van der Waals surface area (Å²) in [7, 11) is 0. The van der Waals surface area contributed by atoms with Crippen molar-refractivity contribution in [3.05, 3.63) is 68.2 Å². The van der Waals surface area contributed by atoms with Gasteiger partial charge in [-0.3, -0.25) is 4.79 Å². The number of carbonyl (C=O) groups excluding carboxylic acids is 1. The molecule has 2 fully saturated rings. The van der Waals surface area contributed by atoms with Gasteiger partial charge >= 0.3 is 0 Å². The first kappa shape index (κ1) is 22.0. The van der Waals surface area contributed by atoms with E-state index < -0.39 is 11.3 Å². The predicted octanol–water partition coefficient (Wildman–Crippen LogP) is 6.49. The van der Waals surface area contributed by atoms with E-state index in [0.717, 1.165) is 29.7 Å². The third-order valence-electron chi connectivity index (χ3n) is 6.59. The van der Waals surface area contributed by atoms with Gasteiger partial charge < -0.3 is 9.74 Å². The highest BCUT2D eigenvalue weighted by Gasteiger charge is 2.47. The van der Waals surface area contributed by atoms with Crippen LogP contribution in [-0.2, 0) is 20.9 Å². The third-order valence-corrected chi connectivity index (χ3v) is 7.78. The zero-order valence-corrected chi connectivity index (χ0v) is 19.8. The largest absolute Gasteiger partial charge is 0.384 e. The van der Waals surface area contributed by atoms with Crippen molar-refractivity contribution < 1.29 is 14.0 Å². The molecule has 1 saturated carbocycles. The fourth-order valence-electron chi connectivity index (χ4n) is 4.29. The van der Waals surface area contributed by atoms with Crippen molar-refractivity contribution in [2.75, 3.05) is 13.1 Å². The molecular weight excluding hydrogens is 474 g/mol. The fourth-order valence-corrected chi connectivity index (χ4v) is 4.88. The van der Waals surface area contributed by atoms with Crippen molar-refractivity contribution in [1.82, 2.24) is 4.90 Å². The van der Waals surface area contributed by atoms with Gasteiger partial charge in [0.05, 0.1) is 33.9 Å². The van der Waals surface area contributed by atoms with Crippen LogP contribution in [0.4, 0.5) is 4.39 Å². The summed E-state index contributed by atoms with van der Waals surface area (Å²) in [6.45, 7) is 2.15. The highest BCUT2D eigenvalue weighted by atomic mass is 35.5. The Morgan fingerprint density at radius 2 is 1.75 bits per heavy atom. The van der Waals surface area contributed by atoms with Crippen LogP contribution in [0.3, 0.4) is 0 Å². The van der Waals surface area contributed by atoms with Crippen LogP contribution >= 0.6 is 34.8 Å². The molecule has 0 radical (unpaired) electrons. The van der Waals surface area contributed by atoms with Gasteiger partial charge in [-0.05, 0) is 48.9 Å². The van der Waals surface area contributed by atoms with Gasteiger partial charge in [-0.1, -0.05) is 64.2 Å². The summed E-state index contributed by atoms with van der Waals surface area (Å²) < 4.78 is 15.3. The second-order valence-electron chi connectivity index (χ2n) is 9.23. The number of rotatable bonds is 5. The number of hydrogen-bond donors (Lipinski definition) is 0. The minimum absolute atomic E-state index is 0.0662. The summed E-state index contributed by atoms with van der Waals surface area (Å²) in [5, 5.41) is 5.28. The van der Waals surface area contributed by atoms with Gasteiger partial charge in [-0.2, -0.15) is 0 Å². The van der Waals surface area contributed by atoms with Crippen molar-refractivity contribution in [2.24, 2.45) is 11.1 Å². The predicted molar refractivity (Wildman–Crippen MR) is 124 cm³/mol. The van der Waals surface area contributed by atoms with E-state index in [1.807, 2.05) is 19.1 Å². The molecule has 0 N–H and O–H groups in total. The van der Waals surface area contributed by atoms with Crippen molar-refractivity contribution in [2.45, 2.75) is 43.9 Å². The first-order valence-electron chi connectivity index (χ1n) is 10.6. The lowest BCUT2D eigenvalue weighted by Crippen LogP contribution is -2.58. The van der Waals surface area contributed by atoms with E-state index in [9.17, 15) is 4.79 Å². The molecule has 168 valence electrons. The molecule has 1 atom stereocenters. The lowest BCUT2D eigenvalue weighted by Gasteiger charge is -2.45. The Labute approximate surface area is 201 Å². The maximum Gasteiger partial charge on any atom is 0.223 e. The first-order chi connectivity index (χ1) is 15.2. The normalized spacial score (nSPS) is 24.0. The molecule has 4 nitrogen and oxygen atoms in total. The molecule has 8 heteroatoms. The summed E-state index contributed by atoms with van der Waals surface area (Å²) in [5.74, 6) is 0.577. The number of halogens is 4. The van der Waals surface area contributed by atoms with E-state index in [4.69, 9.17) is 39.6 Å². The van der Waals surface area contributed by atoms with Crippen LogP contribution in [0, 0.1) is 5.92 Å². The van der Waals surface area contributed by atoms with Crippen LogP contribution in [0.25, 0.3) is 0 Å². The van der Waals surface area contributed by atoms with E-state index in [0.29, 0.717) is 39.4 Å². The van der Waals surface area contributed by atoms with Gasteiger partial charge in [0.15, 0.2) is 11.3 Å². The number of carbonyl (C=O) groups is 1. The smallest absolute Gasteiger partial charge is 0.223 e. The molecule has 1 aliphatic carbocycles. The van der Waals surface area contributed by atoms with Gasteiger partial charge in [0, 0.05) is 18.4 Å². The molecule has 5 rings (SSSR count). The van der Waals surface area contributed by atoms with E-state index in [1.54, 1.807) is 29.2 Å². The molecule has 2 heterocycles. The topological polar surface area (TPSA) is 41.9 Å². The average Bonchev–Trinajstić information content (AvgIpc) is 3.47. The second kappa shape index (κ2) is 7.89. The van der Waals surface area contributed by atoms with E-state index >= 15 is 4.39 Å². The summed E-state index contributed by atoms with van der Waals surface area (Å²) in [6.07, 6.45) is 3.29. The molecule has 2 aromatic carbocycles. The molecule has 32 heavy (non-hydrogen) atoms. The molecule has 1 unspecified atom stereocenters. The SMILES string of the molecule is CC1(c2cc(Cl)c(Cl)c(Cl)c2)CC(c2ccc(C3(F)CN(C(=O)CC4CC4)C3)cc2)=NO1. The van der Waals surface area contributed by atoms with Gasteiger partial charge in [-0.15, -0.1) is 0 Å². The van der Waals surface area contributed by atoms with Crippen LogP contribution < -0.4 is 0 Å². The highest BCUT2D eigenvalue weighted by Crippen LogP contribution is 2.42. The number of amides is 1. The molecule has 3 aliphatic rings. The average molecular weight is 496 g/mol. The number of oxime groups is 1. The van der Waals surface area contributed by atoms with Crippen molar-refractivity contribution in [1.29, 1.82) is 0 Å². The number of nitrogens with zero attached hydrogens (tertiary/aromatic N) is 2. The lowest BCUT2D eigenvalue weighted by molar-refractivity contribution is -0.146. The Morgan fingerprint density at radius 1 is 1.12 bits per heavy atom. The van der Waals surface area contributed by atoms with E-state index in [1.165, 1.54) is 0 Å². The second-order valence-corrected chi connectivity index (χ2v) is 10.4. The molecule has 2 aliphatic heterocycles. The van der Waals surface area contributed by atoms with Gasteiger partial charge in [0.25, 0.3) is 0 Å². The Kier molecular flexibility index (Phi) is 5.43. The summed E-state index contributed by atoms with van der Waals surface area (Å²) in [4.78, 5) is 19.5. The molecule has 2 aromatic rings. The maximum atomic E-state index is 15.3. The van der Waals surface area contributed by atoms with Crippen molar-refractivity contribution in [3.63, 3.8) is 0 Å². The zero-order valence-electron chi connectivity index (χ0n) is 17.5. The number of alkyl halides is 1. The highest BCUT2D eigenvalue weighted by molar-refractivity contribution is 6.48. The molecule has 1 saturated heterocycles. The summed E-state index contributed by atoms with van der Waals surface area (Å²) >= 11 is 18.4. The minimum Gasteiger partial charge on any atom is -0.384 e. The van der Waals surface area contributed by atoms with E-state index in [-0.39, 0.29) is 19.0 Å². The van der Waals surface area contributed by atoms with Crippen LogP contribution in [0.15, 0.2) is 41.6 Å². The maximum absolute atomic E-state index is 15.3.